The highest BCUT2D eigenvalue weighted by Gasteiger charge is 2.13. The summed E-state index contributed by atoms with van der Waals surface area (Å²) in [5.41, 5.74) is 5.37. The molecule has 0 saturated heterocycles. The summed E-state index contributed by atoms with van der Waals surface area (Å²) in [6.07, 6.45) is 0.829. The van der Waals surface area contributed by atoms with E-state index in [1.54, 1.807) is 14.2 Å². The first-order valence-corrected chi connectivity index (χ1v) is 3.52. The molecule has 10 heavy (non-hydrogen) atoms. The van der Waals surface area contributed by atoms with Gasteiger partial charge in [-0.25, -0.2) is 0 Å². The van der Waals surface area contributed by atoms with Gasteiger partial charge in [-0.05, 0) is 13.0 Å². The van der Waals surface area contributed by atoms with Gasteiger partial charge in [0.05, 0.1) is 0 Å². The van der Waals surface area contributed by atoms with Gasteiger partial charge < -0.3 is 15.2 Å². The van der Waals surface area contributed by atoms with Crippen LogP contribution in [0.3, 0.4) is 0 Å². The smallest absolute Gasteiger partial charge is 0.159 e. The van der Waals surface area contributed by atoms with Gasteiger partial charge in [-0.3, -0.25) is 0 Å². The lowest BCUT2D eigenvalue weighted by atomic mass is 10.1. The highest BCUT2D eigenvalue weighted by atomic mass is 16.7. The van der Waals surface area contributed by atoms with Gasteiger partial charge >= 0.3 is 0 Å². The van der Waals surface area contributed by atoms with Crippen molar-refractivity contribution in [1.82, 2.24) is 0 Å². The molecule has 3 nitrogen and oxygen atoms in total. The van der Waals surface area contributed by atoms with Crippen LogP contribution in [0.5, 0.6) is 0 Å². The molecule has 0 aliphatic rings. The standard InChI is InChI=1S/C7H17NO2/c1-6(4-5-8)7(9-2)10-3/h6-7H,4-5,8H2,1-3H3/t6-/m1/s1. The van der Waals surface area contributed by atoms with Gasteiger partial charge in [0.15, 0.2) is 6.29 Å². The fraction of sp³-hybridized carbons (Fsp3) is 1.00. The van der Waals surface area contributed by atoms with E-state index in [0.29, 0.717) is 12.5 Å². The predicted molar refractivity (Wildman–Crippen MR) is 40.6 cm³/mol. The van der Waals surface area contributed by atoms with Crippen LogP contribution in [0.2, 0.25) is 0 Å². The van der Waals surface area contributed by atoms with Crippen molar-refractivity contribution in [1.29, 1.82) is 0 Å². The largest absolute Gasteiger partial charge is 0.356 e. The summed E-state index contributed by atoms with van der Waals surface area (Å²) in [7, 11) is 3.28. The van der Waals surface area contributed by atoms with Crippen LogP contribution < -0.4 is 5.73 Å². The molecule has 0 aliphatic heterocycles. The predicted octanol–water partition coefficient (Wildman–Crippen LogP) is 0.590. The van der Waals surface area contributed by atoms with Crippen LogP contribution in [0.15, 0.2) is 0 Å². The second-order valence-corrected chi connectivity index (χ2v) is 2.39. The van der Waals surface area contributed by atoms with E-state index in [4.69, 9.17) is 15.2 Å². The van der Waals surface area contributed by atoms with E-state index in [0.717, 1.165) is 6.42 Å². The van der Waals surface area contributed by atoms with Crippen LogP contribution in [0.4, 0.5) is 0 Å². The maximum atomic E-state index is 5.37. The van der Waals surface area contributed by atoms with Crippen molar-refractivity contribution in [3.05, 3.63) is 0 Å². The molecule has 0 aliphatic carbocycles. The molecule has 0 spiro atoms. The average Bonchev–Trinajstić information content (AvgIpc) is 1.91. The molecule has 0 radical (unpaired) electrons. The highest BCUT2D eigenvalue weighted by molar-refractivity contribution is 4.56. The minimum atomic E-state index is -0.108. The summed E-state index contributed by atoms with van der Waals surface area (Å²) in [6.45, 7) is 2.74. The minimum absolute atomic E-state index is 0.108. The number of hydrogen-bond acceptors (Lipinski definition) is 3. The molecule has 0 aromatic heterocycles. The lowest BCUT2D eigenvalue weighted by Crippen LogP contribution is -2.24. The fourth-order valence-electron chi connectivity index (χ4n) is 0.960. The zero-order chi connectivity index (χ0) is 7.98. The summed E-state index contributed by atoms with van der Waals surface area (Å²) < 4.78 is 10.1. The van der Waals surface area contributed by atoms with Crippen LogP contribution in [0, 0.1) is 5.92 Å². The van der Waals surface area contributed by atoms with Gasteiger partial charge in [0.2, 0.25) is 0 Å². The molecule has 0 amide bonds. The molecule has 0 aromatic carbocycles. The van der Waals surface area contributed by atoms with E-state index in [1.165, 1.54) is 0 Å². The Balaban J connectivity index is 3.53. The van der Waals surface area contributed by atoms with Crippen molar-refractivity contribution in [2.45, 2.75) is 19.6 Å². The van der Waals surface area contributed by atoms with Crippen LogP contribution >= 0.6 is 0 Å². The zero-order valence-electron chi connectivity index (χ0n) is 6.96. The first-order valence-electron chi connectivity index (χ1n) is 3.52. The minimum Gasteiger partial charge on any atom is -0.356 e. The van der Waals surface area contributed by atoms with Crippen molar-refractivity contribution in [2.75, 3.05) is 20.8 Å². The molecule has 2 N–H and O–H groups in total. The van der Waals surface area contributed by atoms with Crippen molar-refractivity contribution in [3.63, 3.8) is 0 Å². The summed E-state index contributed by atoms with van der Waals surface area (Å²) >= 11 is 0. The number of nitrogens with two attached hydrogens (primary N) is 1. The van der Waals surface area contributed by atoms with Gasteiger partial charge in [-0.1, -0.05) is 6.92 Å². The van der Waals surface area contributed by atoms with E-state index in [1.807, 2.05) is 0 Å². The first kappa shape index (κ1) is 9.88. The Morgan fingerprint density at radius 1 is 1.30 bits per heavy atom. The normalized spacial score (nSPS) is 14.1. The molecular formula is C7H17NO2. The summed E-state index contributed by atoms with van der Waals surface area (Å²) in [6, 6.07) is 0. The van der Waals surface area contributed by atoms with Crippen molar-refractivity contribution in [2.24, 2.45) is 11.7 Å². The first-order chi connectivity index (χ1) is 4.76. The van der Waals surface area contributed by atoms with Crippen molar-refractivity contribution in [3.8, 4) is 0 Å². The van der Waals surface area contributed by atoms with Gasteiger partial charge in [0.25, 0.3) is 0 Å². The highest BCUT2D eigenvalue weighted by Crippen LogP contribution is 2.09. The van der Waals surface area contributed by atoms with Gasteiger partial charge in [-0.15, -0.1) is 0 Å². The topological polar surface area (TPSA) is 44.5 Å². The molecule has 0 aromatic rings. The van der Waals surface area contributed by atoms with E-state index < -0.39 is 0 Å². The molecular weight excluding hydrogens is 130 g/mol. The number of rotatable bonds is 5. The Morgan fingerprint density at radius 3 is 2.10 bits per heavy atom. The second kappa shape index (κ2) is 5.65. The Labute approximate surface area is 62.5 Å². The third kappa shape index (κ3) is 3.15. The van der Waals surface area contributed by atoms with E-state index >= 15 is 0 Å². The van der Waals surface area contributed by atoms with E-state index in [9.17, 15) is 0 Å². The fourth-order valence-corrected chi connectivity index (χ4v) is 0.960. The molecule has 1 atom stereocenters. The SMILES string of the molecule is COC(OC)[C@H](C)CCN. The lowest BCUT2D eigenvalue weighted by molar-refractivity contribution is -0.133. The van der Waals surface area contributed by atoms with Crippen molar-refractivity contribution < 1.29 is 9.47 Å². The molecule has 0 rings (SSSR count). The quantitative estimate of drug-likeness (QED) is 0.579. The Morgan fingerprint density at radius 2 is 1.80 bits per heavy atom. The molecule has 0 heterocycles. The maximum absolute atomic E-state index is 5.37. The van der Waals surface area contributed by atoms with Gasteiger partial charge in [-0.2, -0.15) is 0 Å². The van der Waals surface area contributed by atoms with Crippen LogP contribution in [0.25, 0.3) is 0 Å². The third-order valence-electron chi connectivity index (χ3n) is 1.55. The molecule has 0 bridgehead atoms. The number of ether oxygens (including phenoxy) is 2. The lowest BCUT2D eigenvalue weighted by Gasteiger charge is -2.19. The molecule has 3 heteroatoms. The molecule has 0 saturated carbocycles. The molecule has 0 unspecified atom stereocenters. The van der Waals surface area contributed by atoms with Gasteiger partial charge in [0, 0.05) is 20.1 Å². The van der Waals surface area contributed by atoms with Crippen LogP contribution in [-0.4, -0.2) is 27.1 Å². The van der Waals surface area contributed by atoms with Crippen molar-refractivity contribution >= 4 is 0 Å². The second-order valence-electron chi connectivity index (χ2n) is 2.39. The summed E-state index contributed by atoms with van der Waals surface area (Å²) in [4.78, 5) is 0. The Hall–Kier alpha value is -0.120. The Kier molecular flexibility index (Phi) is 5.58. The molecule has 0 fully saturated rings. The van der Waals surface area contributed by atoms with E-state index in [2.05, 4.69) is 6.92 Å². The summed E-state index contributed by atoms with van der Waals surface area (Å²) in [5, 5.41) is 0. The molecule has 62 valence electrons. The maximum Gasteiger partial charge on any atom is 0.159 e. The zero-order valence-corrected chi connectivity index (χ0v) is 6.96. The monoisotopic (exact) mass is 147 g/mol. The number of methoxy groups -OCH3 is 2. The Bertz CT molecular complexity index is 74.0. The summed E-state index contributed by atoms with van der Waals surface area (Å²) in [5.74, 6) is 0.375. The van der Waals surface area contributed by atoms with E-state index in [-0.39, 0.29) is 6.29 Å². The van der Waals surface area contributed by atoms with Crippen LogP contribution in [-0.2, 0) is 9.47 Å². The third-order valence-corrected chi connectivity index (χ3v) is 1.55. The van der Waals surface area contributed by atoms with Gasteiger partial charge in [0.1, 0.15) is 0 Å². The average molecular weight is 147 g/mol. The number of hydrogen-bond donors (Lipinski definition) is 1. The van der Waals surface area contributed by atoms with Crippen LogP contribution in [0.1, 0.15) is 13.3 Å².